The predicted molar refractivity (Wildman–Crippen MR) is 96.0 cm³/mol. The molecule has 1 saturated heterocycles. The van der Waals surface area contributed by atoms with Crippen molar-refractivity contribution in [3.8, 4) is 0 Å². The van der Waals surface area contributed by atoms with Crippen molar-refractivity contribution in [3.05, 3.63) is 0 Å². The van der Waals surface area contributed by atoms with Gasteiger partial charge in [-0.2, -0.15) is 0 Å². The number of likely N-dealkylation sites (N-methyl/N-ethyl adjacent to an activating group) is 1. The van der Waals surface area contributed by atoms with Crippen LogP contribution < -0.4 is 5.32 Å². The lowest BCUT2D eigenvalue weighted by atomic mass is 9.77. The zero-order chi connectivity index (χ0) is 18.4. The van der Waals surface area contributed by atoms with Gasteiger partial charge in [0, 0.05) is 59.2 Å². The molecule has 7 heteroatoms. The van der Waals surface area contributed by atoms with Crippen LogP contribution >= 0.6 is 0 Å². The summed E-state index contributed by atoms with van der Waals surface area (Å²) in [6.45, 7) is 2.54. The van der Waals surface area contributed by atoms with Crippen molar-refractivity contribution in [3.63, 3.8) is 0 Å². The number of nitrogens with one attached hydrogen (secondary N) is 1. The lowest BCUT2D eigenvalue weighted by Crippen LogP contribution is -2.47. The fourth-order valence-corrected chi connectivity index (χ4v) is 3.78. The van der Waals surface area contributed by atoms with Gasteiger partial charge in [0.25, 0.3) is 0 Å². The van der Waals surface area contributed by atoms with Crippen molar-refractivity contribution in [1.82, 2.24) is 20.0 Å². The highest BCUT2D eigenvalue weighted by molar-refractivity contribution is 5.88. The molecule has 7 nitrogen and oxygen atoms in total. The lowest BCUT2D eigenvalue weighted by Gasteiger charge is -2.34. The highest BCUT2D eigenvalue weighted by Crippen LogP contribution is 2.33. The van der Waals surface area contributed by atoms with Crippen LogP contribution in [0.1, 0.15) is 38.5 Å². The molecule has 0 aromatic heterocycles. The highest BCUT2D eigenvalue weighted by atomic mass is 16.2. The van der Waals surface area contributed by atoms with Crippen LogP contribution in [-0.4, -0.2) is 79.9 Å². The summed E-state index contributed by atoms with van der Waals surface area (Å²) in [6, 6.07) is -0.166. The molecule has 0 aromatic carbocycles. The van der Waals surface area contributed by atoms with Gasteiger partial charge in [0.1, 0.15) is 0 Å². The average Bonchev–Trinajstić information content (AvgIpc) is 3.14. The first-order valence-corrected chi connectivity index (χ1v) is 9.40. The molecule has 0 bridgehead atoms. The van der Waals surface area contributed by atoms with Crippen LogP contribution in [0.15, 0.2) is 0 Å². The van der Waals surface area contributed by atoms with E-state index < -0.39 is 0 Å². The van der Waals surface area contributed by atoms with Crippen molar-refractivity contribution in [1.29, 1.82) is 0 Å². The first kappa shape index (κ1) is 19.5. The Morgan fingerprint density at radius 1 is 0.960 bits per heavy atom. The minimum Gasteiger partial charge on any atom is -0.344 e. The third-order valence-corrected chi connectivity index (χ3v) is 5.32. The van der Waals surface area contributed by atoms with E-state index in [1.54, 1.807) is 26.0 Å². The van der Waals surface area contributed by atoms with Gasteiger partial charge in [-0.1, -0.05) is 12.8 Å². The van der Waals surface area contributed by atoms with Gasteiger partial charge in [0.15, 0.2) is 0 Å². The van der Waals surface area contributed by atoms with Gasteiger partial charge < -0.3 is 20.0 Å². The Hall–Kier alpha value is -1.79. The molecule has 1 saturated carbocycles. The maximum Gasteiger partial charge on any atom is 0.316 e. The molecule has 1 aliphatic carbocycles. The molecule has 1 aliphatic heterocycles. The molecule has 2 unspecified atom stereocenters. The van der Waals surface area contributed by atoms with Crippen molar-refractivity contribution in [2.75, 3.05) is 47.3 Å². The topological polar surface area (TPSA) is 73.0 Å². The summed E-state index contributed by atoms with van der Waals surface area (Å²) in [5, 5.41) is 2.77. The second kappa shape index (κ2) is 9.06. The Morgan fingerprint density at radius 2 is 1.56 bits per heavy atom. The number of nitrogens with zero attached hydrogens (tertiary/aromatic N) is 3. The van der Waals surface area contributed by atoms with E-state index in [0.29, 0.717) is 13.1 Å². The fourth-order valence-electron chi connectivity index (χ4n) is 3.78. The monoisotopic (exact) mass is 352 g/mol. The highest BCUT2D eigenvalue weighted by Gasteiger charge is 2.39. The summed E-state index contributed by atoms with van der Waals surface area (Å²) < 4.78 is 0. The standard InChI is InChI=1S/C18H32N4O3/c1-20(2)18(25)19-10-13-21(3)16(23)14-8-4-5-9-15(14)17(24)22-11-6-7-12-22/h14-15H,4-13H2,1-3H3,(H,19,25). The summed E-state index contributed by atoms with van der Waals surface area (Å²) in [5.74, 6) is -0.171. The molecule has 0 spiro atoms. The summed E-state index contributed by atoms with van der Waals surface area (Å²) in [5.41, 5.74) is 0. The minimum atomic E-state index is -0.212. The van der Waals surface area contributed by atoms with E-state index in [1.165, 1.54) is 4.90 Å². The Bertz CT molecular complexity index is 489. The lowest BCUT2D eigenvalue weighted by molar-refractivity contribution is -0.146. The van der Waals surface area contributed by atoms with E-state index in [9.17, 15) is 14.4 Å². The van der Waals surface area contributed by atoms with E-state index in [1.807, 2.05) is 4.90 Å². The second-order valence-electron chi connectivity index (χ2n) is 7.42. The Kier molecular flexibility index (Phi) is 7.08. The molecule has 2 atom stereocenters. The van der Waals surface area contributed by atoms with Gasteiger partial charge in [-0.25, -0.2) is 4.79 Å². The van der Waals surface area contributed by atoms with Crippen LogP contribution in [0.3, 0.4) is 0 Å². The number of hydrogen-bond acceptors (Lipinski definition) is 3. The average molecular weight is 352 g/mol. The third kappa shape index (κ3) is 5.09. The molecule has 0 radical (unpaired) electrons. The van der Waals surface area contributed by atoms with E-state index in [2.05, 4.69) is 5.32 Å². The zero-order valence-corrected chi connectivity index (χ0v) is 15.8. The molecule has 25 heavy (non-hydrogen) atoms. The van der Waals surface area contributed by atoms with Crippen molar-refractivity contribution < 1.29 is 14.4 Å². The Labute approximate surface area is 150 Å². The van der Waals surface area contributed by atoms with Gasteiger partial charge in [0.2, 0.25) is 11.8 Å². The number of amides is 4. The second-order valence-corrected chi connectivity index (χ2v) is 7.42. The zero-order valence-electron chi connectivity index (χ0n) is 15.8. The summed E-state index contributed by atoms with van der Waals surface area (Å²) in [7, 11) is 5.12. The quantitative estimate of drug-likeness (QED) is 0.806. The van der Waals surface area contributed by atoms with Crippen LogP contribution in [-0.2, 0) is 9.59 Å². The summed E-state index contributed by atoms with van der Waals surface area (Å²) >= 11 is 0. The van der Waals surface area contributed by atoms with Gasteiger partial charge in [0.05, 0.1) is 0 Å². The molecule has 2 fully saturated rings. The van der Waals surface area contributed by atoms with Crippen molar-refractivity contribution in [2.24, 2.45) is 11.8 Å². The molecule has 2 rings (SSSR count). The third-order valence-electron chi connectivity index (χ3n) is 5.32. The minimum absolute atomic E-state index is 0.0383. The Morgan fingerprint density at radius 3 is 2.16 bits per heavy atom. The van der Waals surface area contributed by atoms with E-state index in [-0.39, 0.29) is 29.7 Å². The molecular weight excluding hydrogens is 320 g/mol. The molecule has 1 N–H and O–H groups in total. The van der Waals surface area contributed by atoms with Gasteiger partial charge >= 0.3 is 6.03 Å². The number of hydrogen-bond donors (Lipinski definition) is 1. The molecule has 0 aromatic rings. The Balaban J connectivity index is 1.90. The van der Waals surface area contributed by atoms with E-state index >= 15 is 0 Å². The molecule has 1 heterocycles. The summed E-state index contributed by atoms with van der Waals surface area (Å²) in [4.78, 5) is 42.3. The first-order valence-electron chi connectivity index (χ1n) is 9.40. The maximum atomic E-state index is 12.9. The van der Waals surface area contributed by atoms with Gasteiger partial charge in [-0.3, -0.25) is 9.59 Å². The summed E-state index contributed by atoms with van der Waals surface area (Å²) in [6.07, 6.45) is 5.78. The number of urea groups is 1. The van der Waals surface area contributed by atoms with Crippen LogP contribution in [0, 0.1) is 11.8 Å². The fraction of sp³-hybridized carbons (Fsp3) is 0.833. The number of carbonyl (C=O) groups excluding carboxylic acids is 3. The van der Waals surface area contributed by atoms with E-state index in [0.717, 1.165) is 51.6 Å². The van der Waals surface area contributed by atoms with Gasteiger partial charge in [-0.05, 0) is 25.7 Å². The number of rotatable bonds is 5. The molecule has 2 aliphatic rings. The van der Waals surface area contributed by atoms with Gasteiger partial charge in [-0.15, -0.1) is 0 Å². The predicted octanol–water partition coefficient (Wildman–Crippen LogP) is 1.14. The molecular formula is C18H32N4O3. The van der Waals surface area contributed by atoms with Crippen molar-refractivity contribution in [2.45, 2.75) is 38.5 Å². The smallest absolute Gasteiger partial charge is 0.316 e. The molecule has 4 amide bonds. The SMILES string of the molecule is CN(C)C(=O)NCCN(C)C(=O)C1CCCCC1C(=O)N1CCCC1. The van der Waals surface area contributed by atoms with Crippen molar-refractivity contribution >= 4 is 17.8 Å². The van der Waals surface area contributed by atoms with Crippen LogP contribution in [0.2, 0.25) is 0 Å². The first-order chi connectivity index (χ1) is 11.9. The van der Waals surface area contributed by atoms with Crippen LogP contribution in [0.4, 0.5) is 4.79 Å². The van der Waals surface area contributed by atoms with Crippen LogP contribution in [0.5, 0.6) is 0 Å². The van der Waals surface area contributed by atoms with Crippen LogP contribution in [0.25, 0.3) is 0 Å². The molecule has 142 valence electrons. The number of likely N-dealkylation sites (tertiary alicyclic amines) is 1. The largest absolute Gasteiger partial charge is 0.344 e. The maximum absolute atomic E-state index is 12.9. The number of carbonyl (C=O) groups is 3. The van der Waals surface area contributed by atoms with E-state index in [4.69, 9.17) is 0 Å². The normalized spacial score (nSPS) is 23.2.